The smallest absolute Gasteiger partial charge is 0.338 e. The molecule has 2 N–H and O–H groups in total. The molecule has 0 bridgehead atoms. The van der Waals surface area contributed by atoms with Crippen LogP contribution in [0.25, 0.3) is 0 Å². The van der Waals surface area contributed by atoms with Crippen LogP contribution in [0.15, 0.2) is 36.4 Å². The van der Waals surface area contributed by atoms with Crippen LogP contribution in [-0.4, -0.2) is 5.97 Å². The highest BCUT2D eigenvalue weighted by atomic mass is 19.1. The van der Waals surface area contributed by atoms with Gasteiger partial charge in [-0.3, -0.25) is 0 Å². The van der Waals surface area contributed by atoms with Gasteiger partial charge in [0.25, 0.3) is 0 Å². The molecule has 0 unspecified atom stereocenters. The van der Waals surface area contributed by atoms with E-state index < -0.39 is 5.97 Å². The highest BCUT2D eigenvalue weighted by Crippen LogP contribution is 2.19. The van der Waals surface area contributed by atoms with Crippen molar-refractivity contribution in [2.75, 3.05) is 5.73 Å². The van der Waals surface area contributed by atoms with Crippen molar-refractivity contribution in [3.05, 3.63) is 64.5 Å². The fraction of sp³-hybridized carbons (Fsp3) is 0.188. The van der Waals surface area contributed by atoms with Crippen molar-refractivity contribution >= 4 is 11.7 Å². The second-order valence-corrected chi connectivity index (χ2v) is 4.73. The molecule has 20 heavy (non-hydrogen) atoms. The standard InChI is InChI=1S/C16H16FNO2/c1-10-6-11(2)15(18)8-14(10)16(19)20-9-12-4-3-5-13(17)7-12/h3-8H,9,18H2,1-2H3. The predicted octanol–water partition coefficient (Wildman–Crippen LogP) is 3.38. The zero-order valence-electron chi connectivity index (χ0n) is 11.4. The van der Waals surface area contributed by atoms with Gasteiger partial charge >= 0.3 is 5.97 Å². The summed E-state index contributed by atoms with van der Waals surface area (Å²) >= 11 is 0. The molecule has 2 aromatic rings. The van der Waals surface area contributed by atoms with Crippen LogP contribution in [0.3, 0.4) is 0 Å². The summed E-state index contributed by atoms with van der Waals surface area (Å²) in [7, 11) is 0. The largest absolute Gasteiger partial charge is 0.457 e. The number of ether oxygens (including phenoxy) is 1. The first kappa shape index (κ1) is 14.1. The van der Waals surface area contributed by atoms with Gasteiger partial charge in [-0.25, -0.2) is 9.18 Å². The highest BCUT2D eigenvalue weighted by Gasteiger charge is 2.12. The van der Waals surface area contributed by atoms with E-state index in [9.17, 15) is 9.18 Å². The SMILES string of the molecule is Cc1cc(C)c(C(=O)OCc2cccc(F)c2)cc1N. The first-order chi connectivity index (χ1) is 9.47. The van der Waals surface area contributed by atoms with E-state index in [0.29, 0.717) is 16.8 Å². The number of carbonyl (C=O) groups excluding carboxylic acids is 1. The molecule has 2 aromatic carbocycles. The Bertz CT molecular complexity index is 653. The van der Waals surface area contributed by atoms with Gasteiger partial charge in [-0.05, 0) is 48.7 Å². The Morgan fingerprint density at radius 3 is 2.65 bits per heavy atom. The molecule has 0 aromatic heterocycles. The minimum atomic E-state index is -0.460. The van der Waals surface area contributed by atoms with Gasteiger partial charge in [0, 0.05) is 5.69 Å². The van der Waals surface area contributed by atoms with Crippen LogP contribution in [0.1, 0.15) is 27.0 Å². The van der Waals surface area contributed by atoms with Crippen molar-refractivity contribution in [2.45, 2.75) is 20.5 Å². The molecule has 0 spiro atoms. The van der Waals surface area contributed by atoms with E-state index in [4.69, 9.17) is 10.5 Å². The molecule has 2 rings (SSSR count). The minimum Gasteiger partial charge on any atom is -0.457 e. The van der Waals surface area contributed by atoms with Gasteiger partial charge < -0.3 is 10.5 Å². The van der Waals surface area contributed by atoms with Gasteiger partial charge in [-0.2, -0.15) is 0 Å². The number of carbonyl (C=O) groups is 1. The number of benzene rings is 2. The van der Waals surface area contributed by atoms with Gasteiger partial charge in [-0.15, -0.1) is 0 Å². The maximum absolute atomic E-state index is 13.0. The maximum atomic E-state index is 13.0. The van der Waals surface area contributed by atoms with Crippen LogP contribution in [0.5, 0.6) is 0 Å². The van der Waals surface area contributed by atoms with E-state index in [0.717, 1.165) is 11.1 Å². The molecular weight excluding hydrogens is 257 g/mol. The number of nitrogens with two attached hydrogens (primary N) is 1. The summed E-state index contributed by atoms with van der Waals surface area (Å²) in [4.78, 5) is 12.0. The van der Waals surface area contributed by atoms with E-state index >= 15 is 0 Å². The van der Waals surface area contributed by atoms with Crippen molar-refractivity contribution in [3.8, 4) is 0 Å². The molecule has 0 fully saturated rings. The molecule has 0 saturated heterocycles. The van der Waals surface area contributed by atoms with E-state index in [1.807, 2.05) is 19.9 Å². The van der Waals surface area contributed by atoms with Gasteiger partial charge in [0.05, 0.1) is 5.56 Å². The molecule has 104 valence electrons. The average Bonchev–Trinajstić information content (AvgIpc) is 2.40. The van der Waals surface area contributed by atoms with Crippen LogP contribution < -0.4 is 5.73 Å². The zero-order chi connectivity index (χ0) is 14.7. The number of rotatable bonds is 3. The fourth-order valence-corrected chi connectivity index (χ4v) is 1.94. The molecule has 0 aliphatic heterocycles. The zero-order valence-corrected chi connectivity index (χ0v) is 11.4. The number of anilines is 1. The van der Waals surface area contributed by atoms with Crippen LogP contribution in [0, 0.1) is 19.7 Å². The summed E-state index contributed by atoms with van der Waals surface area (Å²) in [5.74, 6) is -0.812. The molecule has 4 heteroatoms. The number of nitrogen functional groups attached to an aromatic ring is 1. The highest BCUT2D eigenvalue weighted by molar-refractivity contribution is 5.92. The summed E-state index contributed by atoms with van der Waals surface area (Å²) in [5.41, 5.74) is 9.12. The monoisotopic (exact) mass is 273 g/mol. The second kappa shape index (κ2) is 5.74. The molecule has 0 amide bonds. The van der Waals surface area contributed by atoms with Gasteiger partial charge in [0.2, 0.25) is 0 Å². The Balaban J connectivity index is 2.11. The van der Waals surface area contributed by atoms with E-state index in [1.165, 1.54) is 12.1 Å². The summed E-state index contributed by atoms with van der Waals surface area (Å²) < 4.78 is 18.2. The number of aryl methyl sites for hydroxylation is 2. The maximum Gasteiger partial charge on any atom is 0.338 e. The first-order valence-electron chi connectivity index (χ1n) is 6.25. The third kappa shape index (κ3) is 3.15. The lowest BCUT2D eigenvalue weighted by Crippen LogP contribution is -2.08. The van der Waals surface area contributed by atoms with Gasteiger partial charge in [-0.1, -0.05) is 18.2 Å². The number of hydrogen-bond donors (Lipinski definition) is 1. The molecule has 0 aliphatic carbocycles. The number of esters is 1. The third-order valence-corrected chi connectivity index (χ3v) is 3.09. The van der Waals surface area contributed by atoms with E-state index in [2.05, 4.69) is 0 Å². The van der Waals surface area contributed by atoms with E-state index in [-0.39, 0.29) is 12.4 Å². The van der Waals surface area contributed by atoms with Crippen molar-refractivity contribution in [1.29, 1.82) is 0 Å². The molecule has 3 nitrogen and oxygen atoms in total. The summed E-state index contributed by atoms with van der Waals surface area (Å²) in [6, 6.07) is 9.41. The summed E-state index contributed by atoms with van der Waals surface area (Å²) in [6.45, 7) is 3.74. The molecule has 0 heterocycles. The van der Waals surface area contributed by atoms with Crippen LogP contribution >= 0.6 is 0 Å². The summed E-state index contributed by atoms with van der Waals surface area (Å²) in [5, 5.41) is 0. The summed E-state index contributed by atoms with van der Waals surface area (Å²) in [6.07, 6.45) is 0. The fourth-order valence-electron chi connectivity index (χ4n) is 1.94. The normalized spacial score (nSPS) is 10.3. The van der Waals surface area contributed by atoms with Crippen molar-refractivity contribution in [3.63, 3.8) is 0 Å². The quantitative estimate of drug-likeness (QED) is 0.689. The Morgan fingerprint density at radius 1 is 1.20 bits per heavy atom. The van der Waals surface area contributed by atoms with E-state index in [1.54, 1.807) is 18.2 Å². The third-order valence-electron chi connectivity index (χ3n) is 3.09. The Kier molecular flexibility index (Phi) is 4.03. The second-order valence-electron chi connectivity index (χ2n) is 4.73. The lowest BCUT2D eigenvalue weighted by molar-refractivity contribution is 0.0471. The van der Waals surface area contributed by atoms with Gasteiger partial charge in [0.15, 0.2) is 0 Å². The van der Waals surface area contributed by atoms with Crippen LogP contribution in [0.2, 0.25) is 0 Å². The molecule has 0 aliphatic rings. The topological polar surface area (TPSA) is 52.3 Å². The molecular formula is C16H16FNO2. The molecule has 0 atom stereocenters. The lowest BCUT2D eigenvalue weighted by Gasteiger charge is -2.10. The molecule has 0 radical (unpaired) electrons. The first-order valence-corrected chi connectivity index (χ1v) is 6.25. The molecule has 0 saturated carbocycles. The number of hydrogen-bond acceptors (Lipinski definition) is 3. The Labute approximate surface area is 117 Å². The van der Waals surface area contributed by atoms with Crippen molar-refractivity contribution < 1.29 is 13.9 Å². The minimum absolute atomic E-state index is 0.0316. The average molecular weight is 273 g/mol. The van der Waals surface area contributed by atoms with Crippen LogP contribution in [-0.2, 0) is 11.3 Å². The van der Waals surface area contributed by atoms with Crippen molar-refractivity contribution in [1.82, 2.24) is 0 Å². The number of halogens is 1. The van der Waals surface area contributed by atoms with Crippen LogP contribution in [0.4, 0.5) is 10.1 Å². The van der Waals surface area contributed by atoms with Crippen molar-refractivity contribution in [2.24, 2.45) is 0 Å². The Hall–Kier alpha value is -2.36. The predicted molar refractivity (Wildman–Crippen MR) is 75.8 cm³/mol. The lowest BCUT2D eigenvalue weighted by atomic mass is 10.0. The Morgan fingerprint density at radius 2 is 1.95 bits per heavy atom. The van der Waals surface area contributed by atoms with Gasteiger partial charge in [0.1, 0.15) is 12.4 Å².